The number of alkyl halides is 18. The molecule has 0 fully saturated rings. The van der Waals surface area contributed by atoms with E-state index in [1.807, 2.05) is 0 Å². The van der Waals surface area contributed by atoms with Gasteiger partial charge in [-0.3, -0.25) is 0 Å². The highest BCUT2D eigenvalue weighted by Gasteiger charge is 2.89. The Kier molecular flexibility index (Phi) is 7.15. The van der Waals surface area contributed by atoms with Crippen molar-refractivity contribution in [3.8, 4) is 0 Å². The minimum atomic E-state index is -7.86. The van der Waals surface area contributed by atoms with Gasteiger partial charge < -0.3 is 0 Å². The average molecular weight is 518 g/mol. The average Bonchev–Trinajstić information content (AvgIpc) is 2.33. The molecule has 0 aliphatic carbocycles. The highest BCUT2D eigenvalue weighted by Crippen LogP contribution is 2.58. The van der Waals surface area contributed by atoms with Gasteiger partial charge in [0, 0.05) is 0 Å². The molecule has 0 aliphatic rings. The van der Waals surface area contributed by atoms with Gasteiger partial charge in [-0.1, -0.05) is 0 Å². The Morgan fingerprint density at radius 2 is 0.500 bits per heavy atom. The molecule has 0 heterocycles. The van der Waals surface area contributed by atoms with Gasteiger partial charge in [-0.05, 0) is 0 Å². The molecule has 0 saturated heterocycles. The second-order valence-electron chi connectivity index (χ2n) is 4.72. The third-order valence-corrected chi connectivity index (χ3v) is 3.55. The van der Waals surface area contributed by atoms with Gasteiger partial charge in [-0.15, -0.1) is 0 Å². The van der Waals surface area contributed by atoms with Crippen molar-refractivity contribution < 1.29 is 91.6 Å². The van der Waals surface area contributed by atoms with Crippen molar-refractivity contribution in [1.29, 1.82) is 0 Å². The van der Waals surface area contributed by atoms with Crippen LogP contribution in [0.1, 0.15) is 0 Å². The molecular formula is C8F18O3S. The van der Waals surface area contributed by atoms with Gasteiger partial charge in [0.25, 0.3) is 0 Å². The van der Waals surface area contributed by atoms with Gasteiger partial charge in [0.2, 0.25) is 0 Å². The lowest BCUT2D eigenvalue weighted by Gasteiger charge is -2.39. The molecule has 0 spiro atoms. The molecule has 0 unspecified atom stereocenters. The molecule has 0 rings (SSSR count). The first-order valence-electron chi connectivity index (χ1n) is 5.81. The molecule has 0 atom stereocenters. The fraction of sp³-hybridized carbons (Fsp3) is 1.00. The molecule has 182 valence electrons. The summed E-state index contributed by atoms with van der Waals surface area (Å²) in [7, 11) is 0. The van der Waals surface area contributed by atoms with Crippen LogP contribution in [0.25, 0.3) is 0 Å². The third-order valence-electron chi connectivity index (χ3n) is 2.78. The molecule has 3 nitrogen and oxygen atoms in total. The number of rotatable bonds is 4. The van der Waals surface area contributed by atoms with Crippen molar-refractivity contribution in [2.24, 2.45) is 0 Å². The van der Waals surface area contributed by atoms with Gasteiger partial charge in [0.05, 0.1) is 0 Å². The topological polar surface area (TPSA) is 35.5 Å². The lowest BCUT2D eigenvalue weighted by molar-refractivity contribution is -0.446. The van der Waals surface area contributed by atoms with E-state index < -0.39 is 59.6 Å². The summed E-state index contributed by atoms with van der Waals surface area (Å²) in [6, 6.07) is 0. The van der Waals surface area contributed by atoms with Gasteiger partial charge in [0.1, 0.15) is 0 Å². The Bertz CT molecular complexity index is 503. The summed E-state index contributed by atoms with van der Waals surface area (Å²) in [5.41, 5.74) is -15.6. The van der Waals surface area contributed by atoms with Crippen LogP contribution in [0.4, 0.5) is 79.0 Å². The summed E-state index contributed by atoms with van der Waals surface area (Å²) in [5.74, 6) is 0. The van der Waals surface area contributed by atoms with Crippen LogP contribution in [0.15, 0.2) is 0 Å². The highest BCUT2D eigenvalue weighted by atomic mass is 32.2. The predicted octanol–water partition coefficient (Wildman–Crippen LogP) is 5.45. The van der Waals surface area contributed by atoms with Crippen molar-refractivity contribution in [2.75, 3.05) is 0 Å². The van der Waals surface area contributed by atoms with Crippen molar-refractivity contribution in [3.63, 3.8) is 0 Å². The molecule has 22 heteroatoms. The SMILES string of the molecule is O=S(OC(C(F)(F)F)(C(F)(F)F)C(F)(F)F)OC(C(F)(F)F)(C(F)(F)F)C(F)(F)F. The molecule has 0 aromatic heterocycles. The first kappa shape index (κ1) is 28.8. The van der Waals surface area contributed by atoms with Crippen LogP contribution >= 0.6 is 0 Å². The predicted molar refractivity (Wildman–Crippen MR) is 52.1 cm³/mol. The van der Waals surface area contributed by atoms with Gasteiger partial charge in [-0.25, -0.2) is 8.37 Å². The summed E-state index contributed by atoms with van der Waals surface area (Å²) in [6.45, 7) is 0. The smallest absolute Gasteiger partial charge is 0.233 e. The van der Waals surface area contributed by atoms with Gasteiger partial charge in [0.15, 0.2) is 0 Å². The molecule has 30 heavy (non-hydrogen) atoms. The van der Waals surface area contributed by atoms with E-state index in [1.54, 1.807) is 8.37 Å². The van der Waals surface area contributed by atoms with Crippen LogP contribution in [0.3, 0.4) is 0 Å². The Morgan fingerprint density at radius 1 is 0.367 bits per heavy atom. The zero-order valence-corrected chi connectivity index (χ0v) is 13.3. The molecule has 0 saturated carbocycles. The molecule has 0 N–H and O–H groups in total. The Hall–Kier alpha value is -1.19. The van der Waals surface area contributed by atoms with E-state index >= 15 is 0 Å². The Labute approximate surface area is 152 Å². The summed E-state index contributed by atoms with van der Waals surface area (Å²) in [6.07, 6.45) is -47.2. The monoisotopic (exact) mass is 518 g/mol. The molecule has 0 radical (unpaired) electrons. The van der Waals surface area contributed by atoms with Crippen molar-refractivity contribution >= 4 is 11.4 Å². The quantitative estimate of drug-likeness (QED) is 0.465. The van der Waals surface area contributed by atoms with E-state index in [2.05, 4.69) is 0 Å². The molecular weight excluding hydrogens is 518 g/mol. The summed E-state index contributed by atoms with van der Waals surface area (Å²) >= 11 is -6.26. The van der Waals surface area contributed by atoms with Gasteiger partial charge >= 0.3 is 59.6 Å². The lowest BCUT2D eigenvalue weighted by Crippen LogP contribution is -2.70. The zero-order chi connectivity index (χ0) is 25.0. The highest BCUT2D eigenvalue weighted by molar-refractivity contribution is 7.75. The minimum Gasteiger partial charge on any atom is -0.233 e. The molecule has 0 bridgehead atoms. The van der Waals surface area contributed by atoms with Crippen LogP contribution < -0.4 is 0 Å². The third kappa shape index (κ3) is 4.53. The van der Waals surface area contributed by atoms with Gasteiger partial charge in [-0.2, -0.15) is 83.2 Å². The van der Waals surface area contributed by atoms with Crippen molar-refractivity contribution in [1.82, 2.24) is 0 Å². The Balaban J connectivity index is 6.78. The van der Waals surface area contributed by atoms with Crippen LogP contribution in [0, 0.1) is 0 Å². The maximum atomic E-state index is 12.4. The summed E-state index contributed by atoms with van der Waals surface area (Å²) in [5, 5.41) is 0. The largest absolute Gasteiger partial charge is 0.437 e. The fourth-order valence-corrected chi connectivity index (χ4v) is 2.48. The summed E-state index contributed by atoms with van der Waals surface area (Å²) in [4.78, 5) is 0. The van der Waals surface area contributed by atoms with Crippen LogP contribution in [-0.2, 0) is 19.7 Å². The van der Waals surface area contributed by atoms with Crippen molar-refractivity contribution in [3.05, 3.63) is 0 Å². The zero-order valence-electron chi connectivity index (χ0n) is 12.4. The summed E-state index contributed by atoms with van der Waals surface area (Å²) < 4.78 is 238. The van der Waals surface area contributed by atoms with E-state index in [0.717, 1.165) is 0 Å². The number of hydrogen-bond donors (Lipinski definition) is 0. The van der Waals surface area contributed by atoms with E-state index in [1.165, 1.54) is 0 Å². The maximum absolute atomic E-state index is 12.4. The Morgan fingerprint density at radius 3 is 0.600 bits per heavy atom. The first-order valence-corrected chi connectivity index (χ1v) is 6.81. The number of halogens is 18. The second kappa shape index (κ2) is 7.45. The fourth-order valence-electron chi connectivity index (χ4n) is 1.47. The lowest BCUT2D eigenvalue weighted by atomic mass is 10.0. The molecule has 0 aromatic rings. The molecule has 0 aliphatic heterocycles. The van der Waals surface area contributed by atoms with Crippen LogP contribution in [0.5, 0.6) is 0 Å². The van der Waals surface area contributed by atoms with Crippen molar-refractivity contribution in [2.45, 2.75) is 48.3 Å². The van der Waals surface area contributed by atoms with E-state index in [4.69, 9.17) is 0 Å². The molecule has 0 amide bonds. The van der Waals surface area contributed by atoms with E-state index in [-0.39, 0.29) is 0 Å². The maximum Gasteiger partial charge on any atom is 0.437 e. The minimum absolute atomic E-state index is 1.75. The standard InChI is InChI=1S/C8F18O3S/c9-3(10,11)1(4(12,13)14,5(15,16)17)28-30(27)29-2(6(18,19)20,7(21,22)23)8(24,25)26. The van der Waals surface area contributed by atoms with Crippen LogP contribution in [-0.4, -0.2) is 52.5 Å². The molecule has 0 aromatic carbocycles. The van der Waals surface area contributed by atoms with E-state index in [0.29, 0.717) is 0 Å². The normalized spacial score (nSPS) is 16.4. The second-order valence-corrected chi connectivity index (χ2v) is 5.46. The number of hydrogen-bond acceptors (Lipinski definition) is 3. The van der Waals surface area contributed by atoms with Crippen LogP contribution in [0.2, 0.25) is 0 Å². The first-order chi connectivity index (χ1) is 12.6. The van der Waals surface area contributed by atoms with E-state index in [9.17, 15) is 83.2 Å².